The van der Waals surface area contributed by atoms with Crippen molar-refractivity contribution in [1.29, 1.82) is 0 Å². The van der Waals surface area contributed by atoms with Gasteiger partial charge in [-0.25, -0.2) is 0 Å². The Morgan fingerprint density at radius 3 is 2.35 bits per heavy atom. The average Bonchev–Trinajstić information content (AvgIpc) is 2.58. The maximum Gasteiger partial charge on any atom is 0.226 e. The smallest absolute Gasteiger partial charge is 0.226 e. The lowest BCUT2D eigenvalue weighted by molar-refractivity contribution is -0.121. The van der Waals surface area contributed by atoms with E-state index in [1.807, 2.05) is 36.4 Å². The summed E-state index contributed by atoms with van der Waals surface area (Å²) in [5.74, 6) is -0.457. The fraction of sp³-hybridized carbons (Fsp3) is 0.350. The van der Waals surface area contributed by atoms with Gasteiger partial charge in [0.1, 0.15) is 0 Å². The summed E-state index contributed by atoms with van der Waals surface area (Å²) < 4.78 is 0. The van der Waals surface area contributed by atoms with Crippen LogP contribution in [-0.2, 0) is 11.3 Å². The lowest BCUT2D eigenvalue weighted by Crippen LogP contribution is -2.46. The van der Waals surface area contributed by atoms with Crippen molar-refractivity contribution in [2.24, 2.45) is 5.73 Å². The molecule has 3 heteroatoms. The number of hydrogen-bond acceptors (Lipinski definition) is 2. The van der Waals surface area contributed by atoms with Crippen LogP contribution in [0.15, 0.2) is 60.7 Å². The van der Waals surface area contributed by atoms with Gasteiger partial charge in [-0.2, -0.15) is 0 Å². The van der Waals surface area contributed by atoms with Crippen LogP contribution >= 0.6 is 0 Å². The molecule has 2 N–H and O–H groups in total. The molecule has 0 aliphatic carbocycles. The largest absolute Gasteiger partial charge is 0.369 e. The number of nitrogens with two attached hydrogens (primary N) is 1. The maximum atomic E-state index is 12.2. The van der Waals surface area contributed by atoms with Gasteiger partial charge in [0.05, 0.1) is 5.92 Å². The van der Waals surface area contributed by atoms with E-state index in [1.54, 1.807) is 0 Å². The first-order valence-corrected chi connectivity index (χ1v) is 8.38. The van der Waals surface area contributed by atoms with E-state index in [-0.39, 0.29) is 17.9 Å². The predicted molar refractivity (Wildman–Crippen MR) is 92.9 cm³/mol. The van der Waals surface area contributed by atoms with Crippen molar-refractivity contribution in [3.63, 3.8) is 0 Å². The Hall–Kier alpha value is -2.13. The zero-order chi connectivity index (χ0) is 16.1. The number of nitrogens with zero attached hydrogens (tertiary/aromatic N) is 1. The van der Waals surface area contributed by atoms with Gasteiger partial charge in [0, 0.05) is 12.6 Å². The van der Waals surface area contributed by atoms with Crippen LogP contribution in [0.2, 0.25) is 0 Å². The minimum atomic E-state index is -0.236. The number of primary amides is 1. The van der Waals surface area contributed by atoms with Crippen LogP contribution in [0, 0.1) is 0 Å². The Morgan fingerprint density at radius 1 is 1.04 bits per heavy atom. The van der Waals surface area contributed by atoms with E-state index in [4.69, 9.17) is 5.73 Å². The van der Waals surface area contributed by atoms with E-state index in [1.165, 1.54) is 12.0 Å². The van der Waals surface area contributed by atoms with E-state index in [0.29, 0.717) is 0 Å². The van der Waals surface area contributed by atoms with Crippen molar-refractivity contribution < 1.29 is 4.79 Å². The fourth-order valence-corrected chi connectivity index (χ4v) is 3.64. The van der Waals surface area contributed by atoms with E-state index < -0.39 is 0 Å². The molecule has 1 aliphatic rings. The second-order valence-corrected chi connectivity index (χ2v) is 6.31. The zero-order valence-corrected chi connectivity index (χ0v) is 13.4. The number of carbonyl (C=O) groups is 1. The zero-order valence-electron chi connectivity index (χ0n) is 13.4. The van der Waals surface area contributed by atoms with Gasteiger partial charge in [-0.05, 0) is 30.5 Å². The number of rotatable bonds is 5. The molecular weight excluding hydrogens is 284 g/mol. The molecule has 2 aromatic rings. The van der Waals surface area contributed by atoms with Gasteiger partial charge < -0.3 is 5.73 Å². The molecule has 1 aliphatic heterocycles. The first-order valence-electron chi connectivity index (χ1n) is 8.38. The molecule has 3 rings (SSSR count). The normalized spacial score (nSPS) is 20.1. The topological polar surface area (TPSA) is 46.3 Å². The third kappa shape index (κ3) is 3.80. The minimum absolute atomic E-state index is 0.184. The second-order valence-electron chi connectivity index (χ2n) is 6.31. The Morgan fingerprint density at radius 2 is 1.70 bits per heavy atom. The lowest BCUT2D eigenvalue weighted by Gasteiger charge is -2.39. The van der Waals surface area contributed by atoms with Gasteiger partial charge in [-0.3, -0.25) is 9.69 Å². The van der Waals surface area contributed by atoms with E-state index in [9.17, 15) is 4.79 Å². The molecule has 2 aromatic carbocycles. The van der Waals surface area contributed by atoms with Crippen LogP contribution in [-0.4, -0.2) is 23.4 Å². The summed E-state index contributed by atoms with van der Waals surface area (Å²) in [4.78, 5) is 14.6. The standard InChI is InChI=1S/C20H24N2O/c21-20(23)19(17-11-5-2-6-12-17)18-13-7-8-14-22(18)15-16-9-3-1-4-10-16/h1-6,9-12,18-19H,7-8,13-15H2,(H2,21,23)/t18-,19-/m1/s1. The van der Waals surface area contributed by atoms with Gasteiger partial charge in [-0.1, -0.05) is 67.1 Å². The van der Waals surface area contributed by atoms with Crippen LogP contribution in [0.5, 0.6) is 0 Å². The highest BCUT2D eigenvalue weighted by atomic mass is 16.1. The number of benzene rings is 2. The average molecular weight is 308 g/mol. The Balaban J connectivity index is 1.85. The molecule has 0 bridgehead atoms. The van der Waals surface area contributed by atoms with E-state index in [0.717, 1.165) is 31.5 Å². The number of piperidine rings is 1. The first kappa shape index (κ1) is 15.8. The predicted octanol–water partition coefficient (Wildman–Crippen LogP) is 3.31. The quantitative estimate of drug-likeness (QED) is 0.921. The molecule has 0 spiro atoms. The number of hydrogen-bond donors (Lipinski definition) is 1. The minimum Gasteiger partial charge on any atom is -0.369 e. The summed E-state index contributed by atoms with van der Waals surface area (Å²) in [5, 5.41) is 0. The molecule has 3 nitrogen and oxygen atoms in total. The molecule has 0 aromatic heterocycles. The molecule has 1 heterocycles. The summed E-state index contributed by atoms with van der Waals surface area (Å²) in [6.07, 6.45) is 3.37. The van der Waals surface area contributed by atoms with Gasteiger partial charge in [0.25, 0.3) is 0 Å². The van der Waals surface area contributed by atoms with Crippen molar-refractivity contribution in [1.82, 2.24) is 4.90 Å². The van der Waals surface area contributed by atoms with Crippen LogP contribution < -0.4 is 5.73 Å². The summed E-state index contributed by atoms with van der Waals surface area (Å²) in [6, 6.07) is 20.6. The summed E-state index contributed by atoms with van der Waals surface area (Å²) in [6.45, 7) is 1.90. The van der Waals surface area contributed by atoms with E-state index in [2.05, 4.69) is 29.2 Å². The highest BCUT2D eigenvalue weighted by Gasteiger charge is 2.34. The van der Waals surface area contributed by atoms with Crippen molar-refractivity contribution in [3.05, 3.63) is 71.8 Å². The maximum absolute atomic E-state index is 12.2. The van der Waals surface area contributed by atoms with Gasteiger partial charge in [0.2, 0.25) is 5.91 Å². The summed E-state index contributed by atoms with van der Waals surface area (Å²) >= 11 is 0. The van der Waals surface area contributed by atoms with Crippen LogP contribution in [0.3, 0.4) is 0 Å². The molecular formula is C20H24N2O. The van der Waals surface area contributed by atoms with Crippen LogP contribution in [0.4, 0.5) is 0 Å². The molecule has 1 fully saturated rings. The second kappa shape index (κ2) is 7.42. The molecule has 1 amide bonds. The lowest BCUT2D eigenvalue weighted by atomic mass is 9.84. The third-order valence-electron chi connectivity index (χ3n) is 4.74. The molecule has 0 radical (unpaired) electrons. The Bertz CT molecular complexity index is 627. The van der Waals surface area contributed by atoms with Gasteiger partial charge in [-0.15, -0.1) is 0 Å². The summed E-state index contributed by atoms with van der Waals surface area (Å²) in [5.41, 5.74) is 8.11. The SMILES string of the molecule is NC(=O)[C@H](c1ccccc1)[C@H]1CCCCN1Cc1ccccc1. The first-order chi connectivity index (χ1) is 11.3. The molecule has 1 saturated heterocycles. The number of likely N-dealkylation sites (tertiary alicyclic amines) is 1. The summed E-state index contributed by atoms with van der Waals surface area (Å²) in [7, 11) is 0. The number of carbonyl (C=O) groups excluding carboxylic acids is 1. The molecule has 23 heavy (non-hydrogen) atoms. The highest BCUT2D eigenvalue weighted by Crippen LogP contribution is 2.31. The van der Waals surface area contributed by atoms with Crippen LogP contribution in [0.1, 0.15) is 36.3 Å². The van der Waals surface area contributed by atoms with Crippen molar-refractivity contribution in [3.8, 4) is 0 Å². The molecule has 0 unspecified atom stereocenters. The fourth-order valence-electron chi connectivity index (χ4n) is 3.64. The van der Waals surface area contributed by atoms with Gasteiger partial charge in [0.15, 0.2) is 0 Å². The van der Waals surface area contributed by atoms with Crippen molar-refractivity contribution in [2.75, 3.05) is 6.54 Å². The molecule has 2 atom stereocenters. The molecule has 120 valence electrons. The Labute approximate surface area is 138 Å². The van der Waals surface area contributed by atoms with Crippen molar-refractivity contribution >= 4 is 5.91 Å². The van der Waals surface area contributed by atoms with Crippen molar-refractivity contribution in [2.45, 2.75) is 37.8 Å². The third-order valence-corrected chi connectivity index (χ3v) is 4.74. The highest BCUT2D eigenvalue weighted by molar-refractivity contribution is 5.82. The van der Waals surface area contributed by atoms with E-state index >= 15 is 0 Å². The Kier molecular flexibility index (Phi) is 5.09. The monoisotopic (exact) mass is 308 g/mol. The van der Waals surface area contributed by atoms with Crippen LogP contribution in [0.25, 0.3) is 0 Å². The molecule has 0 saturated carbocycles. The number of amides is 1. The van der Waals surface area contributed by atoms with Gasteiger partial charge >= 0.3 is 0 Å².